The Morgan fingerprint density at radius 2 is 0.739 bits per heavy atom. The maximum Gasteiger partial charge on any atom is 0.306 e. The number of likely N-dealkylation sites (N-methyl/N-ethyl adjacent to an activating group) is 1. The molecule has 2 atom stereocenters. The Bertz CT molecular complexity index is 1180. The average Bonchev–Trinajstić information content (AvgIpc) is 3.31. The fraction of sp³-hybridized carbons (Fsp3) is 0.932. The van der Waals surface area contributed by atoms with Crippen LogP contribution >= 0.6 is 7.82 Å². The number of carbonyl (C=O) groups excluding carboxylic acids is 2. The maximum atomic E-state index is 12.8. The van der Waals surface area contributed by atoms with E-state index in [1.807, 2.05) is 21.1 Å². The zero-order valence-corrected chi connectivity index (χ0v) is 47.4. The topological polar surface area (TPSA) is 111 Å². The fourth-order valence-electron chi connectivity index (χ4n) is 8.89. The van der Waals surface area contributed by atoms with Gasteiger partial charge in [0, 0.05) is 12.8 Å². The molecule has 0 bridgehead atoms. The number of phosphoric acid groups is 1. The Kier molecular flexibility index (Phi) is 50.7. The maximum absolute atomic E-state index is 12.8. The standard InChI is InChI=1S/C59H116NO8P/c1-6-8-10-12-14-16-18-20-22-24-26-27-28-29-30-31-32-33-34-36-37-39-41-43-45-47-49-51-58(61)65-55-57(56-67-69(63,64)66-54-53-60(3,4)5)68-59(62)52-50-48-46-44-42-40-38-35-25-23-21-19-17-15-13-11-9-7-2/h23,25,57H,6-22,24,26-56H2,1-5H3/b25-23-. The molecule has 2 unspecified atom stereocenters. The Hall–Kier alpha value is -1.25. The molecule has 0 rings (SSSR count). The van der Waals surface area contributed by atoms with Gasteiger partial charge in [0.15, 0.2) is 6.10 Å². The number of rotatable bonds is 56. The highest BCUT2D eigenvalue weighted by Gasteiger charge is 2.22. The first kappa shape index (κ1) is 67.8. The lowest BCUT2D eigenvalue weighted by atomic mass is 10.0. The summed E-state index contributed by atoms with van der Waals surface area (Å²) in [4.78, 5) is 37.9. The minimum Gasteiger partial charge on any atom is -0.756 e. The normalized spacial score (nSPS) is 13.3. The van der Waals surface area contributed by atoms with Gasteiger partial charge in [0.1, 0.15) is 19.8 Å². The van der Waals surface area contributed by atoms with Crippen molar-refractivity contribution in [2.75, 3.05) is 47.5 Å². The highest BCUT2D eigenvalue weighted by Crippen LogP contribution is 2.38. The number of allylic oxidation sites excluding steroid dienone is 2. The van der Waals surface area contributed by atoms with Gasteiger partial charge in [0.05, 0.1) is 27.7 Å². The molecule has 0 aliphatic heterocycles. The van der Waals surface area contributed by atoms with E-state index < -0.39 is 26.5 Å². The Morgan fingerprint density at radius 1 is 0.435 bits per heavy atom. The van der Waals surface area contributed by atoms with Gasteiger partial charge in [0.2, 0.25) is 0 Å². The molecule has 0 aromatic heterocycles. The van der Waals surface area contributed by atoms with E-state index in [1.54, 1.807) is 0 Å². The van der Waals surface area contributed by atoms with Crippen LogP contribution in [0.15, 0.2) is 12.2 Å². The van der Waals surface area contributed by atoms with Gasteiger partial charge in [-0.25, -0.2) is 0 Å². The van der Waals surface area contributed by atoms with Crippen molar-refractivity contribution < 1.29 is 42.1 Å². The molecule has 0 aromatic rings. The van der Waals surface area contributed by atoms with Crippen molar-refractivity contribution in [2.24, 2.45) is 0 Å². The van der Waals surface area contributed by atoms with Crippen molar-refractivity contribution in [1.82, 2.24) is 0 Å². The van der Waals surface area contributed by atoms with Gasteiger partial charge >= 0.3 is 11.9 Å². The summed E-state index contributed by atoms with van der Waals surface area (Å²) in [6, 6.07) is 0. The van der Waals surface area contributed by atoms with Crippen molar-refractivity contribution in [2.45, 2.75) is 309 Å². The SMILES string of the molecule is CCCCCCCCC/C=C\CCCCCCCCCC(=O)OC(COC(=O)CCCCCCCCCCCCCCCCCCCCCCCCCCCCC)COP(=O)([O-])OCC[N+](C)(C)C. The molecular weight excluding hydrogens is 882 g/mol. The van der Waals surface area contributed by atoms with Gasteiger partial charge in [-0.05, 0) is 38.5 Å². The van der Waals surface area contributed by atoms with Gasteiger partial charge in [-0.1, -0.05) is 264 Å². The summed E-state index contributed by atoms with van der Waals surface area (Å²) in [5.41, 5.74) is 0. The molecule has 69 heavy (non-hydrogen) atoms. The lowest BCUT2D eigenvalue weighted by Crippen LogP contribution is -2.37. The van der Waals surface area contributed by atoms with Gasteiger partial charge in [-0.15, -0.1) is 0 Å². The van der Waals surface area contributed by atoms with Crippen LogP contribution in [0.3, 0.4) is 0 Å². The molecule has 0 aliphatic rings. The van der Waals surface area contributed by atoms with Crippen LogP contribution in [0.1, 0.15) is 303 Å². The number of hydrogen-bond donors (Lipinski definition) is 0. The molecule has 0 amide bonds. The Morgan fingerprint density at radius 3 is 1.07 bits per heavy atom. The number of ether oxygens (including phenoxy) is 2. The van der Waals surface area contributed by atoms with E-state index in [-0.39, 0.29) is 32.0 Å². The zero-order valence-electron chi connectivity index (χ0n) is 46.5. The van der Waals surface area contributed by atoms with Crippen LogP contribution in [0.2, 0.25) is 0 Å². The average molecular weight is 999 g/mol. The van der Waals surface area contributed by atoms with Crippen molar-refractivity contribution >= 4 is 19.8 Å². The highest BCUT2D eigenvalue weighted by atomic mass is 31.2. The van der Waals surface area contributed by atoms with Crippen LogP contribution in [0.4, 0.5) is 0 Å². The predicted octanol–water partition coefficient (Wildman–Crippen LogP) is 17.8. The molecule has 0 fully saturated rings. The predicted molar refractivity (Wildman–Crippen MR) is 292 cm³/mol. The Labute approximate surface area is 428 Å². The van der Waals surface area contributed by atoms with Crippen molar-refractivity contribution in [3.63, 3.8) is 0 Å². The third-order valence-corrected chi connectivity index (χ3v) is 14.5. The van der Waals surface area contributed by atoms with Crippen LogP contribution in [-0.4, -0.2) is 70.0 Å². The molecule has 410 valence electrons. The minimum atomic E-state index is -4.63. The number of hydrogen-bond acceptors (Lipinski definition) is 8. The van der Waals surface area contributed by atoms with Crippen LogP contribution < -0.4 is 4.89 Å². The van der Waals surface area contributed by atoms with E-state index >= 15 is 0 Å². The van der Waals surface area contributed by atoms with E-state index in [1.165, 1.54) is 225 Å². The summed E-state index contributed by atoms with van der Waals surface area (Å²) in [7, 11) is 1.18. The third kappa shape index (κ3) is 55.9. The van der Waals surface area contributed by atoms with Crippen molar-refractivity contribution in [3.8, 4) is 0 Å². The van der Waals surface area contributed by atoms with Crippen LogP contribution in [-0.2, 0) is 32.7 Å². The first-order valence-electron chi connectivity index (χ1n) is 29.9. The van der Waals surface area contributed by atoms with E-state index in [9.17, 15) is 19.0 Å². The molecule has 0 aliphatic carbocycles. The molecule has 0 saturated carbocycles. The second-order valence-corrected chi connectivity index (χ2v) is 23.1. The van der Waals surface area contributed by atoms with E-state index in [0.717, 1.165) is 44.9 Å². The third-order valence-electron chi connectivity index (χ3n) is 13.5. The summed E-state index contributed by atoms with van der Waals surface area (Å²) < 4.78 is 34.2. The smallest absolute Gasteiger partial charge is 0.306 e. The molecular formula is C59H116NO8P. The largest absolute Gasteiger partial charge is 0.756 e. The number of quaternary nitrogens is 1. The number of carbonyl (C=O) groups is 2. The first-order chi connectivity index (χ1) is 33.5. The molecule has 10 heteroatoms. The molecule has 9 nitrogen and oxygen atoms in total. The molecule has 0 aromatic carbocycles. The zero-order chi connectivity index (χ0) is 50.6. The molecule has 0 saturated heterocycles. The van der Waals surface area contributed by atoms with E-state index in [0.29, 0.717) is 17.4 Å². The quantitative estimate of drug-likeness (QED) is 0.0195. The minimum absolute atomic E-state index is 0.0280. The lowest BCUT2D eigenvalue weighted by Gasteiger charge is -2.28. The van der Waals surface area contributed by atoms with Crippen LogP contribution in [0.25, 0.3) is 0 Å². The number of unbranched alkanes of at least 4 members (excludes halogenated alkanes) is 40. The summed E-state index contributed by atoms with van der Waals surface area (Å²) in [6.07, 6.45) is 59.8. The molecule has 0 spiro atoms. The number of phosphoric ester groups is 1. The molecule has 0 radical (unpaired) electrons. The summed E-state index contributed by atoms with van der Waals surface area (Å²) >= 11 is 0. The van der Waals surface area contributed by atoms with Crippen LogP contribution in [0, 0.1) is 0 Å². The second kappa shape index (κ2) is 51.6. The monoisotopic (exact) mass is 998 g/mol. The number of nitrogens with zero attached hydrogens (tertiary/aromatic N) is 1. The fourth-order valence-corrected chi connectivity index (χ4v) is 9.62. The molecule has 0 heterocycles. The summed E-state index contributed by atoms with van der Waals surface area (Å²) in [5.74, 6) is -0.820. The first-order valence-corrected chi connectivity index (χ1v) is 31.4. The number of esters is 2. The van der Waals surface area contributed by atoms with Crippen molar-refractivity contribution in [1.29, 1.82) is 0 Å². The second-order valence-electron chi connectivity index (χ2n) is 21.7. The highest BCUT2D eigenvalue weighted by molar-refractivity contribution is 7.45. The van der Waals surface area contributed by atoms with Crippen LogP contribution in [0.5, 0.6) is 0 Å². The van der Waals surface area contributed by atoms with Gasteiger partial charge in [-0.3, -0.25) is 14.2 Å². The van der Waals surface area contributed by atoms with E-state index in [4.69, 9.17) is 18.5 Å². The Balaban J connectivity index is 4.06. The summed E-state index contributed by atoms with van der Waals surface area (Å²) in [5, 5.41) is 0. The van der Waals surface area contributed by atoms with Gasteiger partial charge in [0.25, 0.3) is 7.82 Å². The lowest BCUT2D eigenvalue weighted by molar-refractivity contribution is -0.870. The summed E-state index contributed by atoms with van der Waals surface area (Å²) in [6.45, 7) is 4.29. The van der Waals surface area contributed by atoms with E-state index in [2.05, 4.69) is 26.0 Å². The van der Waals surface area contributed by atoms with Crippen molar-refractivity contribution in [3.05, 3.63) is 12.2 Å². The van der Waals surface area contributed by atoms with Gasteiger partial charge in [-0.2, -0.15) is 0 Å². The van der Waals surface area contributed by atoms with Gasteiger partial charge < -0.3 is 27.9 Å². The molecule has 0 N–H and O–H groups in total.